The fraction of sp³-hybridized carbons (Fsp3) is 0.467. The van der Waals surface area contributed by atoms with Crippen molar-refractivity contribution in [2.24, 2.45) is 0 Å². The minimum atomic E-state index is 0.416. The normalized spacial score (nSPS) is 11.2. The second-order valence-electron chi connectivity index (χ2n) is 5.14. The molecule has 5 nitrogen and oxygen atoms in total. The van der Waals surface area contributed by atoms with Crippen molar-refractivity contribution >= 4 is 11.0 Å². The van der Waals surface area contributed by atoms with E-state index in [1.165, 1.54) is 16.7 Å². The van der Waals surface area contributed by atoms with Gasteiger partial charge in [-0.3, -0.25) is 0 Å². The van der Waals surface area contributed by atoms with Gasteiger partial charge in [0.05, 0.1) is 25.3 Å². The highest BCUT2D eigenvalue weighted by Gasteiger charge is 2.16. The van der Waals surface area contributed by atoms with E-state index in [0.29, 0.717) is 11.8 Å². The molecular weight excluding hydrogens is 254 g/mol. The van der Waals surface area contributed by atoms with Gasteiger partial charge in [-0.15, -0.1) is 0 Å². The van der Waals surface area contributed by atoms with Gasteiger partial charge in [0, 0.05) is 6.54 Å². The largest absolute Gasteiger partial charge is 0.477 e. The standard InChI is InChI=1S/C15H21N3O2/c1-9-7-12-13(11(10(9)2)8-18(3)4)17-15(20-6)14(16-12)19-5/h7H,8H2,1-6H3. The van der Waals surface area contributed by atoms with Crippen molar-refractivity contribution in [2.75, 3.05) is 28.3 Å². The number of aryl methyl sites for hydroxylation is 1. The average Bonchev–Trinajstić information content (AvgIpc) is 2.42. The van der Waals surface area contributed by atoms with E-state index in [1.54, 1.807) is 14.2 Å². The summed E-state index contributed by atoms with van der Waals surface area (Å²) in [6.07, 6.45) is 0. The quantitative estimate of drug-likeness (QED) is 0.857. The summed E-state index contributed by atoms with van der Waals surface area (Å²) in [4.78, 5) is 11.2. The molecule has 1 aromatic carbocycles. The predicted molar refractivity (Wildman–Crippen MR) is 79.5 cm³/mol. The summed E-state index contributed by atoms with van der Waals surface area (Å²) in [6.45, 7) is 5.02. The summed E-state index contributed by atoms with van der Waals surface area (Å²) in [5, 5.41) is 0. The zero-order valence-corrected chi connectivity index (χ0v) is 12.9. The molecule has 0 saturated carbocycles. The topological polar surface area (TPSA) is 47.5 Å². The first-order valence-electron chi connectivity index (χ1n) is 6.51. The van der Waals surface area contributed by atoms with Gasteiger partial charge in [-0.1, -0.05) is 0 Å². The van der Waals surface area contributed by atoms with Gasteiger partial charge in [-0.2, -0.15) is 0 Å². The van der Waals surface area contributed by atoms with Crippen LogP contribution in [0.15, 0.2) is 6.07 Å². The van der Waals surface area contributed by atoms with E-state index in [9.17, 15) is 0 Å². The summed E-state index contributed by atoms with van der Waals surface area (Å²) < 4.78 is 10.5. The lowest BCUT2D eigenvalue weighted by Gasteiger charge is -2.17. The highest BCUT2D eigenvalue weighted by Crippen LogP contribution is 2.30. The van der Waals surface area contributed by atoms with Crippen LogP contribution in [0.1, 0.15) is 16.7 Å². The molecule has 0 saturated heterocycles. The number of methoxy groups -OCH3 is 2. The van der Waals surface area contributed by atoms with E-state index in [0.717, 1.165) is 17.6 Å². The molecule has 0 aliphatic carbocycles. The summed E-state index contributed by atoms with van der Waals surface area (Å²) in [5.41, 5.74) is 5.34. The highest BCUT2D eigenvalue weighted by atomic mass is 16.5. The third-order valence-electron chi connectivity index (χ3n) is 3.41. The van der Waals surface area contributed by atoms with E-state index in [-0.39, 0.29) is 0 Å². The lowest BCUT2D eigenvalue weighted by Crippen LogP contribution is -2.13. The molecule has 0 radical (unpaired) electrons. The zero-order valence-electron chi connectivity index (χ0n) is 12.9. The van der Waals surface area contributed by atoms with E-state index in [2.05, 4.69) is 28.7 Å². The average molecular weight is 275 g/mol. The Morgan fingerprint density at radius 2 is 1.65 bits per heavy atom. The first kappa shape index (κ1) is 14.5. The van der Waals surface area contributed by atoms with Gasteiger partial charge < -0.3 is 14.4 Å². The van der Waals surface area contributed by atoms with Gasteiger partial charge in [-0.05, 0) is 50.7 Å². The lowest BCUT2D eigenvalue weighted by atomic mass is 10.0. The smallest absolute Gasteiger partial charge is 0.278 e. The summed E-state index contributed by atoms with van der Waals surface area (Å²) >= 11 is 0. The van der Waals surface area contributed by atoms with Crippen molar-refractivity contribution in [3.05, 3.63) is 22.8 Å². The SMILES string of the molecule is COc1nc2cc(C)c(C)c(CN(C)C)c2nc1OC. The maximum absolute atomic E-state index is 5.26. The zero-order chi connectivity index (χ0) is 14.9. The molecule has 2 rings (SSSR count). The van der Waals surface area contributed by atoms with Crippen LogP contribution < -0.4 is 9.47 Å². The van der Waals surface area contributed by atoms with Crippen LogP contribution in [-0.4, -0.2) is 43.2 Å². The molecule has 108 valence electrons. The van der Waals surface area contributed by atoms with Gasteiger partial charge in [-0.25, -0.2) is 9.97 Å². The van der Waals surface area contributed by atoms with Crippen molar-refractivity contribution in [1.29, 1.82) is 0 Å². The van der Waals surface area contributed by atoms with Crippen LogP contribution in [0, 0.1) is 13.8 Å². The Kier molecular flexibility index (Phi) is 4.09. The molecular formula is C15H21N3O2. The maximum atomic E-state index is 5.26. The molecule has 1 aromatic heterocycles. The van der Waals surface area contributed by atoms with Crippen LogP contribution in [0.4, 0.5) is 0 Å². The predicted octanol–water partition coefficient (Wildman–Crippen LogP) is 2.33. The Morgan fingerprint density at radius 3 is 2.20 bits per heavy atom. The highest BCUT2D eigenvalue weighted by molar-refractivity contribution is 5.81. The molecule has 0 atom stereocenters. The van der Waals surface area contributed by atoms with Crippen molar-refractivity contribution in [3.8, 4) is 11.8 Å². The Hall–Kier alpha value is -1.88. The van der Waals surface area contributed by atoms with E-state index >= 15 is 0 Å². The molecule has 5 heteroatoms. The van der Waals surface area contributed by atoms with E-state index < -0.39 is 0 Å². The van der Waals surface area contributed by atoms with Gasteiger partial charge >= 0.3 is 0 Å². The number of hydrogen-bond donors (Lipinski definition) is 0. The van der Waals surface area contributed by atoms with Crippen molar-refractivity contribution in [3.63, 3.8) is 0 Å². The van der Waals surface area contributed by atoms with Crippen molar-refractivity contribution in [2.45, 2.75) is 20.4 Å². The molecule has 0 bridgehead atoms. The fourth-order valence-corrected chi connectivity index (χ4v) is 2.24. The third-order valence-corrected chi connectivity index (χ3v) is 3.41. The maximum Gasteiger partial charge on any atom is 0.278 e. The molecule has 0 aliphatic heterocycles. The number of fused-ring (bicyclic) bond motifs is 1. The molecule has 0 spiro atoms. The van der Waals surface area contributed by atoms with Crippen LogP contribution in [0.3, 0.4) is 0 Å². The van der Waals surface area contributed by atoms with Gasteiger partial charge in [0.2, 0.25) is 0 Å². The lowest BCUT2D eigenvalue weighted by molar-refractivity contribution is 0.334. The number of ether oxygens (including phenoxy) is 2. The molecule has 20 heavy (non-hydrogen) atoms. The van der Waals surface area contributed by atoms with Crippen molar-refractivity contribution < 1.29 is 9.47 Å². The van der Waals surface area contributed by atoms with E-state index in [4.69, 9.17) is 9.47 Å². The van der Waals surface area contributed by atoms with Crippen LogP contribution in [0.5, 0.6) is 11.8 Å². The molecule has 0 N–H and O–H groups in total. The van der Waals surface area contributed by atoms with Gasteiger partial charge in [0.15, 0.2) is 0 Å². The first-order chi connectivity index (χ1) is 9.47. The second-order valence-corrected chi connectivity index (χ2v) is 5.14. The minimum Gasteiger partial charge on any atom is -0.477 e. The molecule has 0 unspecified atom stereocenters. The monoisotopic (exact) mass is 275 g/mol. The number of benzene rings is 1. The fourth-order valence-electron chi connectivity index (χ4n) is 2.24. The van der Waals surface area contributed by atoms with Gasteiger partial charge in [0.1, 0.15) is 0 Å². The molecule has 2 aromatic rings. The molecule has 0 aliphatic rings. The van der Waals surface area contributed by atoms with Crippen molar-refractivity contribution in [1.82, 2.24) is 14.9 Å². The molecule has 0 fully saturated rings. The number of hydrogen-bond acceptors (Lipinski definition) is 5. The summed E-state index contributed by atoms with van der Waals surface area (Å²) in [5.74, 6) is 0.835. The van der Waals surface area contributed by atoms with Crippen LogP contribution in [-0.2, 0) is 6.54 Å². The summed E-state index contributed by atoms with van der Waals surface area (Å²) in [7, 11) is 7.23. The first-order valence-corrected chi connectivity index (χ1v) is 6.51. The van der Waals surface area contributed by atoms with E-state index in [1.807, 2.05) is 20.2 Å². The molecule has 1 heterocycles. The number of nitrogens with zero attached hydrogens (tertiary/aromatic N) is 3. The van der Waals surface area contributed by atoms with Gasteiger partial charge in [0.25, 0.3) is 11.8 Å². The Morgan fingerprint density at radius 1 is 1.05 bits per heavy atom. The Labute approximate surface area is 119 Å². The van der Waals surface area contributed by atoms with Crippen LogP contribution >= 0.6 is 0 Å². The second kappa shape index (κ2) is 5.63. The Balaban J connectivity index is 2.77. The number of aromatic nitrogens is 2. The summed E-state index contributed by atoms with van der Waals surface area (Å²) in [6, 6.07) is 2.04. The Bertz CT molecular complexity index is 639. The molecule has 0 amide bonds. The number of rotatable bonds is 4. The van der Waals surface area contributed by atoms with Crippen LogP contribution in [0.2, 0.25) is 0 Å². The third kappa shape index (κ3) is 2.54. The van der Waals surface area contributed by atoms with Crippen LogP contribution in [0.25, 0.3) is 11.0 Å². The minimum absolute atomic E-state index is 0.416.